The van der Waals surface area contributed by atoms with Gasteiger partial charge in [-0.1, -0.05) is 30.3 Å². The molecule has 0 aliphatic carbocycles. The molecule has 2 aromatic heterocycles. The maximum atomic E-state index is 5.81. The van der Waals surface area contributed by atoms with Crippen molar-refractivity contribution in [1.29, 1.82) is 0 Å². The predicted molar refractivity (Wildman–Crippen MR) is 127 cm³/mol. The third-order valence-corrected chi connectivity index (χ3v) is 5.86. The van der Waals surface area contributed by atoms with Gasteiger partial charge in [0.25, 0.3) is 0 Å². The molecule has 0 spiro atoms. The molecule has 154 valence electrons. The van der Waals surface area contributed by atoms with Crippen molar-refractivity contribution >= 4 is 23.0 Å². The van der Waals surface area contributed by atoms with Crippen LogP contribution in [0.3, 0.4) is 0 Å². The van der Waals surface area contributed by atoms with Crippen LogP contribution in [0.2, 0.25) is 0 Å². The van der Waals surface area contributed by atoms with Crippen LogP contribution in [0.4, 0.5) is 5.69 Å². The van der Waals surface area contributed by atoms with Crippen molar-refractivity contribution in [2.24, 2.45) is 0 Å². The van der Waals surface area contributed by atoms with Crippen molar-refractivity contribution in [2.75, 3.05) is 12.0 Å². The molecule has 5 nitrogen and oxygen atoms in total. The number of nitrogens with one attached hydrogen (secondary N) is 1. The lowest BCUT2D eigenvalue weighted by Crippen LogP contribution is -2.30. The summed E-state index contributed by atoms with van der Waals surface area (Å²) in [6.07, 6.45) is 3.90. The van der Waals surface area contributed by atoms with Gasteiger partial charge in [0.15, 0.2) is 5.11 Å². The number of para-hydroxylation sites is 1. The van der Waals surface area contributed by atoms with Gasteiger partial charge in [-0.15, -0.1) is 0 Å². The normalized spacial score (nSPS) is 18.1. The van der Waals surface area contributed by atoms with E-state index in [0.717, 1.165) is 28.5 Å². The molecular formula is C25H22N4OS. The Morgan fingerprint density at radius 1 is 0.903 bits per heavy atom. The number of hydrogen-bond donors (Lipinski definition) is 1. The van der Waals surface area contributed by atoms with E-state index in [9.17, 15) is 0 Å². The standard InChI is InChI=1S/C25H22N4OS/c1-30-20-12-7-11-19(17-20)28-16-8-14-22(28)24-23(21-13-5-6-15-26-21)27-25(31)29(24)18-9-3-2-4-10-18/h2-17,23-24H,1H3,(H,27,31). The molecule has 1 aliphatic heterocycles. The molecule has 0 saturated carbocycles. The summed E-state index contributed by atoms with van der Waals surface area (Å²) < 4.78 is 7.64. The number of thiocarbonyl (C=S) groups is 1. The molecule has 0 radical (unpaired) electrons. The first kappa shape index (κ1) is 19.3. The number of ether oxygens (including phenoxy) is 1. The Balaban J connectivity index is 1.66. The van der Waals surface area contributed by atoms with Gasteiger partial charge in [-0.05, 0) is 60.7 Å². The quantitative estimate of drug-likeness (QED) is 0.452. The molecule has 1 saturated heterocycles. The monoisotopic (exact) mass is 426 g/mol. The fourth-order valence-corrected chi connectivity index (χ4v) is 4.50. The number of nitrogens with zero attached hydrogens (tertiary/aromatic N) is 3. The Kier molecular flexibility index (Phi) is 5.14. The summed E-state index contributed by atoms with van der Waals surface area (Å²) in [5.74, 6) is 0.818. The fourth-order valence-electron chi connectivity index (χ4n) is 4.15. The molecule has 31 heavy (non-hydrogen) atoms. The summed E-state index contributed by atoms with van der Waals surface area (Å²) in [6.45, 7) is 0. The molecule has 5 rings (SSSR count). The van der Waals surface area contributed by atoms with E-state index in [4.69, 9.17) is 17.0 Å². The SMILES string of the molecule is COc1cccc(-n2cccc2C2C(c3ccccn3)NC(=S)N2c2ccccc2)c1. The zero-order chi connectivity index (χ0) is 21.2. The van der Waals surface area contributed by atoms with E-state index >= 15 is 0 Å². The minimum absolute atomic E-state index is 0.0778. The highest BCUT2D eigenvalue weighted by atomic mass is 32.1. The molecule has 1 fully saturated rings. The first-order chi connectivity index (χ1) is 15.3. The molecule has 6 heteroatoms. The Labute approximate surface area is 186 Å². The zero-order valence-electron chi connectivity index (χ0n) is 17.1. The molecule has 0 bridgehead atoms. The summed E-state index contributed by atoms with van der Waals surface area (Å²) in [6, 6.07) is 28.3. The van der Waals surface area contributed by atoms with Crippen molar-refractivity contribution < 1.29 is 4.74 Å². The third-order valence-electron chi connectivity index (χ3n) is 5.55. The van der Waals surface area contributed by atoms with Crippen LogP contribution in [0.5, 0.6) is 5.75 Å². The Hall–Kier alpha value is -3.64. The Morgan fingerprint density at radius 3 is 2.48 bits per heavy atom. The zero-order valence-corrected chi connectivity index (χ0v) is 17.9. The Morgan fingerprint density at radius 2 is 1.71 bits per heavy atom. The molecule has 2 atom stereocenters. The number of anilines is 1. The second kappa shape index (κ2) is 8.24. The van der Waals surface area contributed by atoms with Gasteiger partial charge in [0.2, 0.25) is 0 Å². The van der Waals surface area contributed by atoms with Crippen LogP contribution in [0.15, 0.2) is 97.3 Å². The average molecular weight is 427 g/mol. The maximum absolute atomic E-state index is 5.81. The van der Waals surface area contributed by atoms with Crippen LogP contribution in [0, 0.1) is 0 Å². The van der Waals surface area contributed by atoms with Crippen LogP contribution in [0.1, 0.15) is 23.5 Å². The fraction of sp³-hybridized carbons (Fsp3) is 0.120. The van der Waals surface area contributed by atoms with Crippen molar-refractivity contribution in [3.05, 3.63) is 109 Å². The minimum Gasteiger partial charge on any atom is -0.497 e. The topological polar surface area (TPSA) is 42.3 Å². The number of methoxy groups -OCH3 is 1. The molecule has 3 heterocycles. The van der Waals surface area contributed by atoms with Gasteiger partial charge in [0.05, 0.1) is 18.8 Å². The van der Waals surface area contributed by atoms with E-state index in [-0.39, 0.29) is 12.1 Å². The van der Waals surface area contributed by atoms with Gasteiger partial charge in [0, 0.05) is 35.5 Å². The number of benzene rings is 2. The van der Waals surface area contributed by atoms with Gasteiger partial charge in [0.1, 0.15) is 11.8 Å². The molecule has 1 N–H and O–H groups in total. The molecular weight excluding hydrogens is 404 g/mol. The van der Waals surface area contributed by atoms with Crippen LogP contribution in [0.25, 0.3) is 5.69 Å². The lowest BCUT2D eigenvalue weighted by atomic mass is 10.0. The second-order valence-corrected chi connectivity index (χ2v) is 7.72. The molecule has 0 amide bonds. The molecule has 1 aliphatic rings. The predicted octanol–water partition coefficient (Wildman–Crippen LogP) is 5.06. The highest BCUT2D eigenvalue weighted by molar-refractivity contribution is 7.80. The Bertz CT molecular complexity index is 1190. The number of rotatable bonds is 5. The van der Waals surface area contributed by atoms with E-state index in [1.807, 2.05) is 60.8 Å². The van der Waals surface area contributed by atoms with E-state index in [1.165, 1.54) is 0 Å². The summed E-state index contributed by atoms with van der Waals surface area (Å²) in [5.41, 5.74) is 4.14. The van der Waals surface area contributed by atoms with Crippen molar-refractivity contribution in [3.8, 4) is 11.4 Å². The van der Waals surface area contributed by atoms with Crippen molar-refractivity contribution in [2.45, 2.75) is 12.1 Å². The van der Waals surface area contributed by atoms with E-state index in [1.54, 1.807) is 7.11 Å². The van der Waals surface area contributed by atoms with E-state index < -0.39 is 0 Å². The average Bonchev–Trinajstić information content (AvgIpc) is 3.44. The van der Waals surface area contributed by atoms with E-state index in [0.29, 0.717) is 5.11 Å². The van der Waals surface area contributed by atoms with Crippen LogP contribution in [-0.4, -0.2) is 21.8 Å². The van der Waals surface area contributed by atoms with E-state index in [2.05, 4.69) is 56.3 Å². The largest absolute Gasteiger partial charge is 0.497 e. The van der Waals surface area contributed by atoms with Crippen molar-refractivity contribution in [3.63, 3.8) is 0 Å². The van der Waals surface area contributed by atoms with Crippen molar-refractivity contribution in [1.82, 2.24) is 14.9 Å². The lowest BCUT2D eigenvalue weighted by Gasteiger charge is -2.29. The van der Waals surface area contributed by atoms with Gasteiger partial charge in [-0.2, -0.15) is 0 Å². The summed E-state index contributed by atoms with van der Waals surface area (Å²) in [5, 5.41) is 4.20. The smallest absolute Gasteiger partial charge is 0.174 e. The summed E-state index contributed by atoms with van der Waals surface area (Å²) in [7, 11) is 1.68. The summed E-state index contributed by atoms with van der Waals surface area (Å²) in [4.78, 5) is 6.82. The third kappa shape index (κ3) is 3.55. The number of hydrogen-bond acceptors (Lipinski definition) is 3. The van der Waals surface area contributed by atoms with Crippen LogP contribution in [-0.2, 0) is 0 Å². The van der Waals surface area contributed by atoms with Gasteiger partial charge < -0.3 is 19.5 Å². The van der Waals surface area contributed by atoms with Crippen LogP contribution >= 0.6 is 12.2 Å². The molecule has 4 aromatic rings. The highest BCUT2D eigenvalue weighted by Crippen LogP contribution is 2.42. The highest BCUT2D eigenvalue weighted by Gasteiger charge is 2.42. The van der Waals surface area contributed by atoms with Gasteiger partial charge in [-0.3, -0.25) is 4.98 Å². The lowest BCUT2D eigenvalue weighted by molar-refractivity contribution is 0.414. The number of pyridine rings is 1. The van der Waals surface area contributed by atoms with Gasteiger partial charge >= 0.3 is 0 Å². The molecule has 2 unspecified atom stereocenters. The minimum atomic E-state index is -0.0897. The van der Waals surface area contributed by atoms with Gasteiger partial charge in [-0.25, -0.2) is 0 Å². The summed E-state index contributed by atoms with van der Waals surface area (Å²) >= 11 is 5.81. The first-order valence-electron chi connectivity index (χ1n) is 10.1. The number of aromatic nitrogens is 2. The maximum Gasteiger partial charge on any atom is 0.174 e. The first-order valence-corrected chi connectivity index (χ1v) is 10.5. The second-order valence-electron chi connectivity index (χ2n) is 7.34. The van der Waals surface area contributed by atoms with Crippen LogP contribution < -0.4 is 15.0 Å². The molecule has 2 aromatic carbocycles.